The van der Waals surface area contributed by atoms with Crippen LogP contribution in [0.3, 0.4) is 0 Å². The van der Waals surface area contributed by atoms with Crippen LogP contribution in [-0.4, -0.2) is 111 Å². The molecule has 0 aliphatic carbocycles. The number of ether oxygens (including phenoxy) is 4. The minimum Gasteiger partial charge on any atom is -0.497 e. The first-order chi connectivity index (χ1) is 33.3. The van der Waals surface area contributed by atoms with E-state index in [9.17, 15) is 27.9 Å². The van der Waals surface area contributed by atoms with E-state index >= 15 is 8.42 Å². The maximum absolute atomic E-state index is 16.0. The topological polar surface area (TPSA) is 272 Å². The van der Waals surface area contributed by atoms with Gasteiger partial charge in [-0.05, 0) is 96.8 Å². The Morgan fingerprint density at radius 1 is 0.700 bits per heavy atom. The number of carbonyl (C=O) groups excluding carboxylic acids is 2. The van der Waals surface area contributed by atoms with E-state index in [1.807, 2.05) is 0 Å². The van der Waals surface area contributed by atoms with E-state index in [0.29, 0.717) is 33.9 Å². The largest absolute Gasteiger partial charge is 0.497 e. The summed E-state index contributed by atoms with van der Waals surface area (Å²) in [5.74, 6) is 0.625. The standard InChI is InChI=1S/C47H53N9O12S2/c1-47(2,3)68-46(60)49-27-41(57)51-39-10-8-7-9-37(39)38-23-24-40(69(61,62)50-26-25-48-45(58)59)43(42(38)44-52-54-56(53-44)30-33-15-21-36(67-6)22-16-33)70(63,64)55(28-31-11-17-34(65-4)18-12-31)29-32-13-19-35(66-5)20-14-32/h7-24,48,50H,25-30H2,1-6H3,(H,49,60)(H,51,57)(H,58,59). The van der Waals surface area contributed by atoms with E-state index in [1.54, 1.807) is 112 Å². The Kier molecular flexibility index (Phi) is 16.8. The number of carbonyl (C=O) groups is 3. The number of carboxylic acid groups (broad SMARTS) is 1. The smallest absolute Gasteiger partial charge is 0.408 e. The summed E-state index contributed by atoms with van der Waals surface area (Å²) in [6, 6.07) is 29.1. The van der Waals surface area contributed by atoms with Gasteiger partial charge in [-0.25, -0.2) is 31.1 Å². The number of anilines is 1. The highest BCUT2D eigenvalue weighted by Crippen LogP contribution is 2.43. The quantitative estimate of drug-likeness (QED) is 0.0559. The second-order valence-corrected chi connectivity index (χ2v) is 20.0. The Labute approximate surface area is 405 Å². The van der Waals surface area contributed by atoms with Crippen molar-refractivity contribution < 1.29 is 55.3 Å². The predicted octanol–water partition coefficient (Wildman–Crippen LogP) is 5.48. The number of tetrazole rings is 1. The summed E-state index contributed by atoms with van der Waals surface area (Å²) in [4.78, 5) is 36.9. The lowest BCUT2D eigenvalue weighted by Crippen LogP contribution is -2.37. The molecule has 3 amide bonds. The molecule has 5 N–H and O–H groups in total. The molecule has 0 unspecified atom stereocenters. The lowest BCUT2D eigenvalue weighted by molar-refractivity contribution is -0.115. The molecule has 1 heterocycles. The zero-order valence-electron chi connectivity index (χ0n) is 39.1. The van der Waals surface area contributed by atoms with Crippen LogP contribution in [0.4, 0.5) is 15.3 Å². The normalized spacial score (nSPS) is 11.7. The summed E-state index contributed by atoms with van der Waals surface area (Å²) >= 11 is 0. The number of nitrogens with one attached hydrogen (secondary N) is 4. The third-order valence-corrected chi connectivity index (χ3v) is 13.7. The number of benzene rings is 5. The van der Waals surface area contributed by atoms with E-state index in [0.717, 1.165) is 10.4 Å². The van der Waals surface area contributed by atoms with Crippen molar-refractivity contribution in [2.45, 2.75) is 55.8 Å². The molecule has 0 aliphatic heterocycles. The molecule has 0 bridgehead atoms. The van der Waals surface area contributed by atoms with Gasteiger partial charge < -0.3 is 40.0 Å². The number of para-hydroxylation sites is 1. The van der Waals surface area contributed by atoms with Crippen LogP contribution in [0.25, 0.3) is 22.5 Å². The highest BCUT2D eigenvalue weighted by molar-refractivity contribution is 7.92. The highest BCUT2D eigenvalue weighted by atomic mass is 32.2. The molecule has 0 saturated heterocycles. The molecule has 1 aromatic heterocycles. The van der Waals surface area contributed by atoms with Gasteiger partial charge in [-0.15, -0.1) is 10.2 Å². The summed E-state index contributed by atoms with van der Waals surface area (Å²) in [7, 11) is -5.40. The molecule has 23 heteroatoms. The van der Waals surface area contributed by atoms with Crippen LogP contribution in [0.5, 0.6) is 17.2 Å². The second kappa shape index (κ2) is 22.7. The summed E-state index contributed by atoms with van der Waals surface area (Å²) < 4.78 is 85.9. The molecule has 0 radical (unpaired) electrons. The number of sulfonamides is 2. The maximum atomic E-state index is 16.0. The van der Waals surface area contributed by atoms with Crippen LogP contribution in [0.2, 0.25) is 0 Å². The molecule has 0 saturated carbocycles. The fourth-order valence-electron chi connectivity index (χ4n) is 6.93. The number of aromatic nitrogens is 4. The van der Waals surface area contributed by atoms with Crippen molar-refractivity contribution in [1.29, 1.82) is 0 Å². The molecule has 70 heavy (non-hydrogen) atoms. The molecule has 5 aromatic carbocycles. The maximum Gasteiger partial charge on any atom is 0.408 e. The number of hydrogen-bond acceptors (Lipinski definition) is 14. The van der Waals surface area contributed by atoms with Gasteiger partial charge in [-0.1, -0.05) is 60.7 Å². The molecule has 6 aromatic rings. The van der Waals surface area contributed by atoms with Crippen molar-refractivity contribution in [2.24, 2.45) is 0 Å². The summed E-state index contributed by atoms with van der Waals surface area (Å²) in [6.07, 6.45) is -2.24. The van der Waals surface area contributed by atoms with Gasteiger partial charge in [0, 0.05) is 37.4 Å². The van der Waals surface area contributed by atoms with E-state index < -0.39 is 66.6 Å². The minimum atomic E-state index is -5.06. The van der Waals surface area contributed by atoms with Gasteiger partial charge in [0.25, 0.3) is 0 Å². The van der Waals surface area contributed by atoms with Crippen molar-refractivity contribution in [3.05, 3.63) is 126 Å². The number of alkyl carbamates (subject to hydrolysis) is 1. The molecule has 0 spiro atoms. The van der Waals surface area contributed by atoms with Gasteiger partial charge in [0.2, 0.25) is 31.8 Å². The fraction of sp³-hybridized carbons (Fsp3) is 0.277. The number of nitrogens with zero attached hydrogens (tertiary/aromatic N) is 5. The third kappa shape index (κ3) is 13.6. The Bertz CT molecular complexity index is 2970. The third-order valence-electron chi connectivity index (χ3n) is 10.2. The zero-order chi connectivity index (χ0) is 50.6. The number of methoxy groups -OCH3 is 3. The van der Waals surface area contributed by atoms with Gasteiger partial charge in [-0.3, -0.25) is 4.79 Å². The molecule has 370 valence electrons. The minimum absolute atomic E-state index is 0.0445. The Hall–Kier alpha value is -7.60. The monoisotopic (exact) mass is 999 g/mol. The van der Waals surface area contributed by atoms with Crippen LogP contribution in [0, 0.1) is 0 Å². The molecular weight excluding hydrogens is 947 g/mol. The first kappa shape index (κ1) is 51.8. The van der Waals surface area contributed by atoms with Gasteiger partial charge in [0.15, 0.2) is 0 Å². The van der Waals surface area contributed by atoms with Crippen molar-refractivity contribution in [3.63, 3.8) is 0 Å². The molecule has 0 atom stereocenters. The lowest BCUT2D eigenvalue weighted by atomic mass is 9.97. The Morgan fingerprint density at radius 2 is 1.26 bits per heavy atom. The van der Waals surface area contributed by atoms with E-state index in [4.69, 9.17) is 18.9 Å². The number of amides is 3. The van der Waals surface area contributed by atoms with Crippen LogP contribution >= 0.6 is 0 Å². The molecule has 0 fully saturated rings. The highest BCUT2D eigenvalue weighted by Gasteiger charge is 2.38. The van der Waals surface area contributed by atoms with Crippen molar-refractivity contribution in [2.75, 3.05) is 46.3 Å². The van der Waals surface area contributed by atoms with Crippen molar-refractivity contribution >= 4 is 43.8 Å². The van der Waals surface area contributed by atoms with Crippen LogP contribution < -0.4 is 34.9 Å². The van der Waals surface area contributed by atoms with Crippen molar-refractivity contribution in [1.82, 2.24) is 39.9 Å². The first-order valence-electron chi connectivity index (χ1n) is 21.5. The first-order valence-corrected chi connectivity index (χ1v) is 24.4. The van der Waals surface area contributed by atoms with Gasteiger partial charge in [0.05, 0.1) is 33.4 Å². The summed E-state index contributed by atoms with van der Waals surface area (Å²) in [5, 5.41) is 29.7. The van der Waals surface area contributed by atoms with Crippen LogP contribution in [-0.2, 0) is 49.2 Å². The van der Waals surface area contributed by atoms with Gasteiger partial charge >= 0.3 is 12.2 Å². The second-order valence-electron chi connectivity index (χ2n) is 16.4. The number of hydrogen-bond donors (Lipinski definition) is 5. The average Bonchev–Trinajstić information content (AvgIpc) is 3.80. The summed E-state index contributed by atoms with van der Waals surface area (Å²) in [5.41, 5.74) is 0.973. The van der Waals surface area contributed by atoms with Gasteiger partial charge in [0.1, 0.15) is 39.2 Å². The van der Waals surface area contributed by atoms with E-state index in [2.05, 4.69) is 36.1 Å². The average molecular weight is 1000 g/mol. The summed E-state index contributed by atoms with van der Waals surface area (Å²) in [6.45, 7) is 3.14. The van der Waals surface area contributed by atoms with E-state index in [-0.39, 0.29) is 54.4 Å². The number of rotatable bonds is 21. The fourth-order valence-corrected chi connectivity index (χ4v) is 10.4. The van der Waals surface area contributed by atoms with Crippen LogP contribution in [0.15, 0.2) is 119 Å². The Morgan fingerprint density at radius 3 is 1.80 bits per heavy atom. The SMILES string of the molecule is COc1ccc(CN(Cc2ccc(OC)cc2)S(=O)(=O)c2c(S(=O)(=O)NCCNC(=O)O)ccc(-c3ccccc3NC(=O)CNC(=O)OC(C)(C)C)c2-c2nnn(Cc3ccc(OC)cc3)n2)cc1. The molecule has 0 aliphatic rings. The van der Waals surface area contributed by atoms with E-state index in [1.165, 1.54) is 38.3 Å². The van der Waals surface area contributed by atoms with Gasteiger partial charge in [-0.2, -0.15) is 9.10 Å². The molecule has 21 nitrogen and oxygen atoms in total. The zero-order valence-corrected chi connectivity index (χ0v) is 40.8. The molecular formula is C47H53N9O12S2. The van der Waals surface area contributed by atoms with Crippen molar-refractivity contribution in [3.8, 4) is 39.8 Å². The lowest BCUT2D eigenvalue weighted by Gasteiger charge is -2.26. The Balaban J connectivity index is 1.60. The predicted molar refractivity (Wildman–Crippen MR) is 257 cm³/mol. The van der Waals surface area contributed by atoms with Crippen LogP contribution in [0.1, 0.15) is 37.5 Å². The molecule has 6 rings (SSSR count).